The number of Topliss-reactive ketones (excluding diaryl/α,β-unsaturated/α-hetero) is 1. The zero-order valence-electron chi connectivity index (χ0n) is 13.4. The highest BCUT2D eigenvalue weighted by molar-refractivity contribution is 6.34. The molecule has 1 aromatic rings. The number of ketones is 1. The van der Waals surface area contributed by atoms with Gasteiger partial charge in [-0.2, -0.15) is 10.5 Å². The lowest BCUT2D eigenvalue weighted by atomic mass is 9.72. The number of carbonyl (C=O) groups is 2. The molecule has 0 bridgehead atoms. The van der Waals surface area contributed by atoms with E-state index in [1.54, 1.807) is 37.3 Å². The zero-order chi connectivity index (χ0) is 17.7. The van der Waals surface area contributed by atoms with Gasteiger partial charge in [0.2, 0.25) is 5.78 Å². The lowest BCUT2D eigenvalue weighted by molar-refractivity contribution is -0.156. The topological polar surface area (TPSA) is 91.0 Å². The van der Waals surface area contributed by atoms with Crippen LogP contribution in [0.2, 0.25) is 0 Å². The van der Waals surface area contributed by atoms with E-state index in [4.69, 9.17) is 4.74 Å². The lowest BCUT2D eigenvalue weighted by Gasteiger charge is -2.26. The third-order valence-electron chi connectivity index (χ3n) is 4.55. The van der Waals surface area contributed by atoms with Crippen molar-refractivity contribution >= 4 is 11.8 Å². The number of esters is 1. The fourth-order valence-electron chi connectivity index (χ4n) is 3.50. The maximum atomic E-state index is 12.7. The van der Waals surface area contributed by atoms with Gasteiger partial charge in [-0.25, -0.2) is 4.79 Å². The van der Waals surface area contributed by atoms with Crippen molar-refractivity contribution in [2.45, 2.75) is 19.3 Å². The number of carbonyl (C=O) groups excluding carboxylic acids is 2. The molecule has 1 saturated carbocycles. The molecule has 0 N–H and O–H groups in total. The van der Waals surface area contributed by atoms with E-state index in [9.17, 15) is 20.1 Å². The van der Waals surface area contributed by atoms with E-state index in [1.807, 2.05) is 6.07 Å². The first kappa shape index (κ1) is 17.4. The Morgan fingerprint density at radius 2 is 1.96 bits per heavy atom. The summed E-state index contributed by atoms with van der Waals surface area (Å²) in [6.45, 7) is 5.43. The summed E-state index contributed by atoms with van der Waals surface area (Å²) in [5.74, 6) is -3.60. The molecule has 0 aliphatic heterocycles. The molecule has 0 radical (unpaired) electrons. The second kappa shape index (κ2) is 7.10. The standard InChI is InChI=1S/C19H18N2O3/c1-3-13-10-19(11-20,12-21)16(14-8-6-5-7-9-14)15(13)17(22)18(23)24-4-2/h3,5-9,13,15-16H,1,4,10H2,2H3/t13-,15-,16+/m0/s1. The smallest absolute Gasteiger partial charge is 0.374 e. The Morgan fingerprint density at radius 3 is 2.46 bits per heavy atom. The minimum Gasteiger partial charge on any atom is -0.460 e. The molecule has 5 nitrogen and oxygen atoms in total. The molecule has 0 aromatic heterocycles. The van der Waals surface area contributed by atoms with Crippen LogP contribution in [0.25, 0.3) is 0 Å². The first-order valence-electron chi connectivity index (χ1n) is 7.75. The van der Waals surface area contributed by atoms with Gasteiger partial charge < -0.3 is 4.74 Å². The summed E-state index contributed by atoms with van der Waals surface area (Å²) < 4.78 is 4.84. The molecule has 3 atom stereocenters. The molecule has 1 aliphatic rings. The van der Waals surface area contributed by atoms with Crippen LogP contribution in [0.1, 0.15) is 24.8 Å². The minimum atomic E-state index is -1.38. The van der Waals surface area contributed by atoms with Crippen molar-refractivity contribution < 1.29 is 14.3 Å². The summed E-state index contributed by atoms with van der Waals surface area (Å²) in [5.41, 5.74) is -0.694. The number of hydrogen-bond donors (Lipinski definition) is 0. The Balaban J connectivity index is 2.58. The van der Waals surface area contributed by atoms with Crippen molar-refractivity contribution in [1.29, 1.82) is 10.5 Å². The van der Waals surface area contributed by atoms with Gasteiger partial charge in [-0.3, -0.25) is 4.79 Å². The molecule has 0 saturated heterocycles. The number of nitrogens with zero attached hydrogens (tertiary/aromatic N) is 2. The number of ether oxygens (including phenoxy) is 1. The number of nitriles is 2. The van der Waals surface area contributed by atoms with Gasteiger partial charge in [-0.05, 0) is 24.8 Å². The van der Waals surface area contributed by atoms with Crippen LogP contribution in [0.4, 0.5) is 0 Å². The van der Waals surface area contributed by atoms with Crippen LogP contribution >= 0.6 is 0 Å². The lowest BCUT2D eigenvalue weighted by Crippen LogP contribution is -2.33. The van der Waals surface area contributed by atoms with E-state index in [2.05, 4.69) is 18.7 Å². The van der Waals surface area contributed by atoms with Crippen LogP contribution < -0.4 is 0 Å². The van der Waals surface area contributed by atoms with E-state index in [1.165, 1.54) is 0 Å². The van der Waals surface area contributed by atoms with Gasteiger partial charge in [-0.1, -0.05) is 36.4 Å². The van der Waals surface area contributed by atoms with Crippen molar-refractivity contribution in [3.8, 4) is 12.1 Å². The van der Waals surface area contributed by atoms with E-state index < -0.39 is 34.9 Å². The van der Waals surface area contributed by atoms with Crippen LogP contribution in [0, 0.1) is 39.9 Å². The normalized spacial score (nSPS) is 24.4. The summed E-state index contributed by atoms with van der Waals surface area (Å²) in [6.07, 6.45) is 1.72. The van der Waals surface area contributed by atoms with Crippen molar-refractivity contribution in [1.82, 2.24) is 0 Å². The number of rotatable bonds is 5. The fraction of sp³-hybridized carbons (Fsp3) is 0.368. The molecule has 2 rings (SSSR count). The molecule has 122 valence electrons. The monoisotopic (exact) mass is 322 g/mol. The van der Waals surface area contributed by atoms with Gasteiger partial charge >= 0.3 is 5.97 Å². The fourth-order valence-corrected chi connectivity index (χ4v) is 3.50. The second-order valence-electron chi connectivity index (χ2n) is 5.80. The number of hydrogen-bond acceptors (Lipinski definition) is 5. The predicted octanol–water partition coefficient (Wildman–Crippen LogP) is 2.76. The van der Waals surface area contributed by atoms with Crippen LogP contribution in [0.3, 0.4) is 0 Å². The molecular weight excluding hydrogens is 304 g/mol. The summed E-state index contributed by atoms with van der Waals surface area (Å²) in [5, 5.41) is 19.3. The van der Waals surface area contributed by atoms with E-state index in [0.717, 1.165) is 0 Å². The van der Waals surface area contributed by atoms with Crippen molar-refractivity contribution in [2.75, 3.05) is 6.61 Å². The van der Waals surface area contributed by atoms with Gasteiger partial charge in [0, 0.05) is 11.8 Å². The van der Waals surface area contributed by atoms with Crippen LogP contribution in [-0.4, -0.2) is 18.4 Å². The summed E-state index contributed by atoms with van der Waals surface area (Å²) in [4.78, 5) is 24.7. The Labute approximate surface area is 141 Å². The van der Waals surface area contributed by atoms with Crippen LogP contribution in [-0.2, 0) is 14.3 Å². The van der Waals surface area contributed by atoms with E-state index in [-0.39, 0.29) is 13.0 Å². The average molecular weight is 322 g/mol. The van der Waals surface area contributed by atoms with E-state index in [0.29, 0.717) is 5.56 Å². The van der Waals surface area contributed by atoms with Crippen LogP contribution in [0.15, 0.2) is 43.0 Å². The molecule has 0 heterocycles. The molecule has 0 spiro atoms. The maximum absolute atomic E-state index is 12.7. The first-order valence-corrected chi connectivity index (χ1v) is 7.75. The van der Waals surface area contributed by atoms with Gasteiger partial charge in [0.25, 0.3) is 0 Å². The predicted molar refractivity (Wildman–Crippen MR) is 86.3 cm³/mol. The van der Waals surface area contributed by atoms with Gasteiger partial charge in [0.15, 0.2) is 5.41 Å². The van der Waals surface area contributed by atoms with Gasteiger partial charge in [0.1, 0.15) is 0 Å². The molecule has 0 amide bonds. The molecular formula is C19H18N2O3. The Kier molecular flexibility index (Phi) is 5.16. The third-order valence-corrected chi connectivity index (χ3v) is 4.55. The summed E-state index contributed by atoms with van der Waals surface area (Å²) in [6, 6.07) is 13.1. The van der Waals surface area contributed by atoms with Crippen molar-refractivity contribution in [2.24, 2.45) is 17.3 Å². The van der Waals surface area contributed by atoms with Crippen molar-refractivity contribution in [3.05, 3.63) is 48.6 Å². The van der Waals surface area contributed by atoms with Gasteiger partial charge in [-0.15, -0.1) is 6.58 Å². The Bertz CT molecular complexity index is 713. The highest BCUT2D eigenvalue weighted by Crippen LogP contribution is 2.55. The molecule has 1 aliphatic carbocycles. The number of benzene rings is 1. The third kappa shape index (κ3) is 2.81. The maximum Gasteiger partial charge on any atom is 0.374 e. The van der Waals surface area contributed by atoms with Crippen LogP contribution in [0.5, 0.6) is 0 Å². The highest BCUT2D eigenvalue weighted by Gasteiger charge is 2.58. The molecule has 24 heavy (non-hydrogen) atoms. The molecule has 1 fully saturated rings. The highest BCUT2D eigenvalue weighted by atomic mass is 16.5. The molecule has 1 aromatic carbocycles. The average Bonchev–Trinajstić information content (AvgIpc) is 2.97. The van der Waals surface area contributed by atoms with E-state index >= 15 is 0 Å². The largest absolute Gasteiger partial charge is 0.460 e. The molecule has 5 heteroatoms. The zero-order valence-corrected chi connectivity index (χ0v) is 13.4. The minimum absolute atomic E-state index is 0.0910. The summed E-state index contributed by atoms with van der Waals surface area (Å²) in [7, 11) is 0. The second-order valence-corrected chi connectivity index (χ2v) is 5.80. The van der Waals surface area contributed by atoms with Gasteiger partial charge in [0.05, 0.1) is 18.7 Å². The van der Waals surface area contributed by atoms with Crippen molar-refractivity contribution in [3.63, 3.8) is 0 Å². The molecule has 0 unspecified atom stereocenters. The Morgan fingerprint density at radius 1 is 1.33 bits per heavy atom. The first-order chi connectivity index (χ1) is 11.5. The number of allylic oxidation sites excluding steroid dienone is 1. The Hall–Kier alpha value is -2.92. The summed E-state index contributed by atoms with van der Waals surface area (Å²) >= 11 is 0. The quantitative estimate of drug-likeness (QED) is 0.472. The SMILES string of the molecule is C=C[C@H]1CC(C#N)(C#N)[C@H](c2ccccc2)[C@H]1C(=O)C(=O)OCC.